The molecule has 1 heterocycles. The van der Waals surface area contributed by atoms with Crippen LogP contribution in [0.25, 0.3) is 0 Å². The van der Waals surface area contributed by atoms with Crippen LogP contribution < -0.4 is 5.56 Å². The summed E-state index contributed by atoms with van der Waals surface area (Å²) in [6, 6.07) is 8.77. The minimum Gasteiger partial charge on any atom is -0.315 e. The first-order valence-corrected chi connectivity index (χ1v) is 6.02. The molecule has 0 bridgehead atoms. The molecule has 2 aromatic rings. The minimum absolute atomic E-state index is 0.104. The summed E-state index contributed by atoms with van der Waals surface area (Å²) in [4.78, 5) is 23.5. The van der Waals surface area contributed by atoms with Crippen LogP contribution in [0.2, 0.25) is 0 Å². The molecule has 0 N–H and O–H groups in total. The number of Topliss-reactive ketones (excluding diaryl/α,β-unsaturated/α-hetero) is 1. The lowest BCUT2D eigenvalue weighted by Crippen LogP contribution is -2.20. The molecule has 4 heteroatoms. The van der Waals surface area contributed by atoms with E-state index >= 15 is 0 Å². The Balaban J connectivity index is 2.04. The average molecular weight is 259 g/mol. The first-order valence-electron chi connectivity index (χ1n) is 6.02. The largest absolute Gasteiger partial charge is 0.315 e. The van der Waals surface area contributed by atoms with E-state index < -0.39 is 0 Å². The predicted molar refractivity (Wildman–Crippen MR) is 70.8 cm³/mol. The molecule has 19 heavy (non-hydrogen) atoms. The number of hydrogen-bond acceptors (Lipinski definition) is 2. The zero-order chi connectivity index (χ0) is 13.8. The van der Waals surface area contributed by atoms with E-state index in [1.807, 2.05) is 13.0 Å². The highest BCUT2D eigenvalue weighted by Crippen LogP contribution is 2.06. The van der Waals surface area contributed by atoms with Gasteiger partial charge in [-0.25, -0.2) is 4.39 Å². The first kappa shape index (κ1) is 13.2. The van der Waals surface area contributed by atoms with Gasteiger partial charge in [0.2, 0.25) is 0 Å². The van der Waals surface area contributed by atoms with Gasteiger partial charge in [-0.05, 0) is 42.8 Å². The van der Waals surface area contributed by atoms with Gasteiger partial charge in [0.15, 0.2) is 5.78 Å². The number of carbonyl (C=O) groups excluding carboxylic acids is 1. The van der Waals surface area contributed by atoms with E-state index in [0.717, 1.165) is 5.56 Å². The second-order valence-corrected chi connectivity index (χ2v) is 4.42. The minimum atomic E-state index is -0.369. The third-order valence-corrected chi connectivity index (χ3v) is 2.90. The van der Waals surface area contributed by atoms with Gasteiger partial charge in [0.25, 0.3) is 5.56 Å². The van der Waals surface area contributed by atoms with E-state index in [9.17, 15) is 14.0 Å². The fraction of sp³-hybridized carbons (Fsp3) is 0.200. The Hall–Kier alpha value is -2.23. The summed E-state index contributed by atoms with van der Waals surface area (Å²) < 4.78 is 14.2. The highest BCUT2D eigenvalue weighted by Gasteiger charge is 2.06. The number of rotatable bonds is 4. The zero-order valence-electron chi connectivity index (χ0n) is 10.6. The van der Waals surface area contributed by atoms with Crippen LogP contribution in [0.3, 0.4) is 0 Å². The maximum atomic E-state index is 12.7. The van der Waals surface area contributed by atoms with Crippen molar-refractivity contribution >= 4 is 5.78 Å². The van der Waals surface area contributed by atoms with Gasteiger partial charge in [-0.2, -0.15) is 0 Å². The molecular formula is C15H14FNO2. The molecular weight excluding hydrogens is 245 g/mol. The Labute approximate surface area is 110 Å². The molecule has 0 aliphatic carbocycles. The van der Waals surface area contributed by atoms with Gasteiger partial charge < -0.3 is 4.57 Å². The van der Waals surface area contributed by atoms with Crippen LogP contribution in [-0.2, 0) is 6.54 Å². The van der Waals surface area contributed by atoms with Gasteiger partial charge in [0, 0.05) is 30.8 Å². The maximum Gasteiger partial charge on any atom is 0.250 e. The van der Waals surface area contributed by atoms with Crippen molar-refractivity contribution in [3.8, 4) is 0 Å². The number of ketones is 1. The quantitative estimate of drug-likeness (QED) is 0.792. The van der Waals surface area contributed by atoms with E-state index in [0.29, 0.717) is 12.1 Å². The number of aryl methyl sites for hydroxylation is 2. The van der Waals surface area contributed by atoms with Crippen molar-refractivity contribution in [3.63, 3.8) is 0 Å². The van der Waals surface area contributed by atoms with E-state index in [-0.39, 0.29) is 23.6 Å². The summed E-state index contributed by atoms with van der Waals surface area (Å²) in [5.41, 5.74) is 1.24. The van der Waals surface area contributed by atoms with Gasteiger partial charge in [-0.15, -0.1) is 0 Å². The molecule has 3 nitrogen and oxygen atoms in total. The van der Waals surface area contributed by atoms with E-state index in [1.165, 1.54) is 34.9 Å². The van der Waals surface area contributed by atoms with Crippen LogP contribution in [0.4, 0.5) is 4.39 Å². The van der Waals surface area contributed by atoms with Gasteiger partial charge in [-0.3, -0.25) is 9.59 Å². The second kappa shape index (κ2) is 5.61. The lowest BCUT2D eigenvalue weighted by Gasteiger charge is -2.05. The topological polar surface area (TPSA) is 39.1 Å². The summed E-state index contributed by atoms with van der Waals surface area (Å²) in [5, 5.41) is 0. The standard InChI is InChI=1S/C15H14FNO2/c1-11-6-8-17(15(19)10-11)9-7-14(18)12-2-4-13(16)5-3-12/h2-6,8,10H,7,9H2,1H3. The van der Waals surface area contributed by atoms with Crippen LogP contribution in [-0.4, -0.2) is 10.4 Å². The van der Waals surface area contributed by atoms with Crippen molar-refractivity contribution in [2.24, 2.45) is 0 Å². The fourth-order valence-corrected chi connectivity index (χ4v) is 1.79. The van der Waals surface area contributed by atoms with Crippen LogP contribution >= 0.6 is 0 Å². The normalized spacial score (nSPS) is 10.4. The SMILES string of the molecule is Cc1ccn(CCC(=O)c2ccc(F)cc2)c(=O)c1. The van der Waals surface area contributed by atoms with Crippen molar-refractivity contribution in [2.45, 2.75) is 19.9 Å². The number of pyridine rings is 1. The van der Waals surface area contributed by atoms with E-state index in [2.05, 4.69) is 0 Å². The molecule has 1 aromatic heterocycles. The number of aromatic nitrogens is 1. The smallest absolute Gasteiger partial charge is 0.250 e. The molecule has 0 atom stereocenters. The molecule has 0 saturated carbocycles. The number of nitrogens with zero attached hydrogens (tertiary/aromatic N) is 1. The number of hydrogen-bond donors (Lipinski definition) is 0. The summed E-state index contributed by atoms with van der Waals surface area (Å²) >= 11 is 0. The highest BCUT2D eigenvalue weighted by molar-refractivity contribution is 5.95. The summed E-state index contributed by atoms with van der Waals surface area (Å²) in [6.07, 6.45) is 1.89. The molecule has 0 saturated heterocycles. The number of carbonyl (C=O) groups is 1. The molecule has 0 amide bonds. The van der Waals surface area contributed by atoms with Crippen molar-refractivity contribution in [1.82, 2.24) is 4.57 Å². The molecule has 0 aliphatic heterocycles. The van der Waals surface area contributed by atoms with Crippen LogP contribution in [0, 0.1) is 12.7 Å². The lowest BCUT2D eigenvalue weighted by molar-refractivity contribution is 0.0976. The first-order chi connectivity index (χ1) is 9.06. The predicted octanol–water partition coefficient (Wildman–Crippen LogP) is 2.57. The molecule has 2 rings (SSSR count). The third-order valence-electron chi connectivity index (χ3n) is 2.90. The Kier molecular flexibility index (Phi) is 3.90. The van der Waals surface area contributed by atoms with Gasteiger partial charge in [0.05, 0.1) is 0 Å². The summed E-state index contributed by atoms with van der Waals surface area (Å²) in [5.74, 6) is -0.473. The Morgan fingerprint density at radius 3 is 2.53 bits per heavy atom. The Morgan fingerprint density at radius 2 is 1.89 bits per heavy atom. The van der Waals surface area contributed by atoms with E-state index in [1.54, 1.807) is 6.20 Å². The lowest BCUT2D eigenvalue weighted by atomic mass is 10.1. The molecule has 98 valence electrons. The average Bonchev–Trinajstić information content (AvgIpc) is 2.38. The van der Waals surface area contributed by atoms with E-state index in [4.69, 9.17) is 0 Å². The van der Waals surface area contributed by atoms with Gasteiger partial charge in [-0.1, -0.05) is 0 Å². The molecule has 0 radical (unpaired) electrons. The van der Waals surface area contributed by atoms with Gasteiger partial charge >= 0.3 is 0 Å². The van der Waals surface area contributed by atoms with Crippen molar-refractivity contribution in [1.29, 1.82) is 0 Å². The second-order valence-electron chi connectivity index (χ2n) is 4.42. The van der Waals surface area contributed by atoms with Crippen LogP contribution in [0.15, 0.2) is 47.4 Å². The summed E-state index contributed by atoms with van der Waals surface area (Å²) in [6.45, 7) is 2.17. The van der Waals surface area contributed by atoms with Gasteiger partial charge in [0.1, 0.15) is 5.82 Å². The third kappa shape index (κ3) is 3.37. The van der Waals surface area contributed by atoms with Crippen LogP contribution in [0.5, 0.6) is 0 Å². The molecule has 0 fully saturated rings. The monoisotopic (exact) mass is 259 g/mol. The van der Waals surface area contributed by atoms with Crippen molar-refractivity contribution in [3.05, 3.63) is 69.9 Å². The van der Waals surface area contributed by atoms with Crippen LogP contribution in [0.1, 0.15) is 22.3 Å². The molecule has 0 spiro atoms. The summed E-state index contributed by atoms with van der Waals surface area (Å²) in [7, 11) is 0. The molecule has 0 aliphatic rings. The number of halogens is 1. The maximum absolute atomic E-state index is 12.7. The fourth-order valence-electron chi connectivity index (χ4n) is 1.79. The molecule has 0 unspecified atom stereocenters. The molecule has 1 aromatic carbocycles. The highest BCUT2D eigenvalue weighted by atomic mass is 19.1. The number of benzene rings is 1. The Bertz CT molecular complexity index is 644. The van der Waals surface area contributed by atoms with Crippen molar-refractivity contribution < 1.29 is 9.18 Å². The zero-order valence-corrected chi connectivity index (χ0v) is 10.6. The van der Waals surface area contributed by atoms with Crippen molar-refractivity contribution in [2.75, 3.05) is 0 Å². The Morgan fingerprint density at radius 1 is 1.21 bits per heavy atom.